The van der Waals surface area contributed by atoms with Crippen molar-refractivity contribution < 1.29 is 63.0 Å². The number of hydrogen-bond acceptors (Lipinski definition) is 14. The van der Waals surface area contributed by atoms with Crippen molar-refractivity contribution in [1.29, 1.82) is 0 Å². The summed E-state index contributed by atoms with van der Waals surface area (Å²) in [5.41, 5.74) is -0.797. The van der Waals surface area contributed by atoms with E-state index in [4.69, 9.17) is 35.3 Å². The highest BCUT2D eigenvalue weighted by Crippen LogP contribution is 2.49. The van der Waals surface area contributed by atoms with Gasteiger partial charge in [0.15, 0.2) is 0 Å². The minimum Gasteiger partial charge on any atom is -0.507 e. The number of ketones is 3. The third-order valence-corrected chi connectivity index (χ3v) is 12.8. The largest absolute Gasteiger partial charge is 0.507 e. The van der Waals surface area contributed by atoms with E-state index < -0.39 is 94.5 Å². The van der Waals surface area contributed by atoms with E-state index in [1.807, 2.05) is 0 Å². The molecule has 9 atom stereocenters. The van der Waals surface area contributed by atoms with Crippen molar-refractivity contribution in [2.45, 2.75) is 85.2 Å². The second-order valence-electron chi connectivity index (χ2n) is 16.9. The summed E-state index contributed by atoms with van der Waals surface area (Å²) < 4.78 is 29.5. The van der Waals surface area contributed by atoms with Crippen molar-refractivity contribution in [2.75, 3.05) is 33.4 Å². The summed E-state index contributed by atoms with van der Waals surface area (Å²) >= 11 is 6.03. The SMILES string of the molecule is CO[C@H]1/C=C/O[C@@]2(C)Oc3c(C)c(O)c4c(c3C2=O)C(=O)C(N2CCOCC2)=C(NC(=O)/C(C)=C\C=C\[C@H](C)[C@H](O)[C@@H](C)[C@@H](O)[C@@H](C)[C@H](OC(=O)NCc2ccc(Cl)cc2)[C@@H]1C)C4=O. The van der Waals surface area contributed by atoms with Crippen molar-refractivity contribution in [3.63, 3.8) is 0 Å². The zero-order valence-electron chi connectivity index (χ0n) is 37.1. The van der Waals surface area contributed by atoms with Gasteiger partial charge in [-0.3, -0.25) is 19.2 Å². The second kappa shape index (κ2) is 19.7. The standard InChI is InChI=1S/C47H56ClN3O13/c1-23-10-9-11-24(2)45(58)50-35-36(51-17-20-61-21-18-51)41(56)32-33(40(35)55)39(54)28(6)43-34(32)44(57)47(7,64-43)62-19-16-31(60-8)25(3)42(27(5)38(53)26(4)37(23)52)63-46(59)49-22-29-12-14-30(48)15-13-29/h9-16,19,23,25-27,31,37-38,42,52-54H,17-18,20-22H2,1-8H3,(H,49,59)(H,50,58)/b10-9+,19-16+,24-11-/t23-,25+,26+,27+,31-,37-,38+,42+,47-/m0/s1. The molecule has 2 aromatic carbocycles. The van der Waals surface area contributed by atoms with Crippen molar-refractivity contribution in [1.82, 2.24) is 15.5 Å². The Kier molecular flexibility index (Phi) is 14.8. The number of halogens is 1. The van der Waals surface area contributed by atoms with Crippen LogP contribution in [-0.2, 0) is 30.3 Å². The van der Waals surface area contributed by atoms with Crippen LogP contribution in [0.3, 0.4) is 0 Å². The summed E-state index contributed by atoms with van der Waals surface area (Å²) in [6, 6.07) is 6.89. The Bertz CT molecular complexity index is 2300. The number of rotatable bonds is 5. The smallest absolute Gasteiger partial charge is 0.407 e. The highest BCUT2D eigenvalue weighted by molar-refractivity contribution is 6.32. The van der Waals surface area contributed by atoms with Crippen molar-refractivity contribution in [2.24, 2.45) is 23.7 Å². The second-order valence-corrected chi connectivity index (χ2v) is 17.3. The first kappa shape index (κ1) is 47.9. The van der Waals surface area contributed by atoms with Crippen LogP contribution in [0.25, 0.3) is 0 Å². The molecule has 0 unspecified atom stereocenters. The molecule has 0 aromatic heterocycles. The summed E-state index contributed by atoms with van der Waals surface area (Å²) in [7, 11) is 1.42. The number of carbonyl (C=O) groups excluding carboxylic acids is 5. The van der Waals surface area contributed by atoms with Crippen LogP contribution < -0.4 is 15.4 Å². The Morgan fingerprint density at radius 1 is 0.938 bits per heavy atom. The molecule has 1 aliphatic carbocycles. The van der Waals surface area contributed by atoms with Crippen LogP contribution in [0, 0.1) is 30.6 Å². The molecule has 344 valence electrons. The number of aromatic hydroxyl groups is 1. The quantitative estimate of drug-likeness (QED) is 0.257. The van der Waals surface area contributed by atoms with Crippen LogP contribution in [-0.4, -0.2) is 113 Å². The topological polar surface area (TPSA) is 219 Å². The number of amides is 2. The summed E-state index contributed by atoms with van der Waals surface area (Å²) in [6.07, 6.45) is 2.30. The monoisotopic (exact) mass is 905 g/mol. The summed E-state index contributed by atoms with van der Waals surface area (Å²) in [6.45, 7) is 12.0. The average Bonchev–Trinajstić information content (AvgIpc) is 3.54. The lowest BCUT2D eigenvalue weighted by atomic mass is 9.78. The van der Waals surface area contributed by atoms with Gasteiger partial charge < -0.3 is 54.5 Å². The van der Waals surface area contributed by atoms with Crippen molar-refractivity contribution >= 4 is 41.0 Å². The normalized spacial score (nSPS) is 31.0. The van der Waals surface area contributed by atoms with E-state index in [2.05, 4.69) is 10.6 Å². The van der Waals surface area contributed by atoms with Gasteiger partial charge in [-0.05, 0) is 37.6 Å². The maximum Gasteiger partial charge on any atom is 0.407 e. The van der Waals surface area contributed by atoms with E-state index in [1.54, 1.807) is 69.0 Å². The van der Waals surface area contributed by atoms with Gasteiger partial charge in [0.25, 0.3) is 11.7 Å². The Balaban J connectivity index is 1.42. The number of Topliss-reactive ketones (excluding diaryl/α,β-unsaturated/α-hetero) is 3. The number of fused-ring (bicyclic) bond motifs is 14. The Morgan fingerprint density at radius 2 is 1.61 bits per heavy atom. The van der Waals surface area contributed by atoms with Gasteiger partial charge in [-0.2, -0.15) is 0 Å². The number of ether oxygens (including phenoxy) is 5. The van der Waals surface area contributed by atoms with Crippen LogP contribution in [0.2, 0.25) is 5.02 Å². The molecule has 4 aliphatic heterocycles. The van der Waals surface area contributed by atoms with Crippen LogP contribution in [0.5, 0.6) is 11.5 Å². The molecule has 5 N–H and O–H groups in total. The van der Waals surface area contributed by atoms with Gasteiger partial charge in [0.05, 0.1) is 54.5 Å². The van der Waals surface area contributed by atoms with Gasteiger partial charge in [0.1, 0.15) is 29.0 Å². The minimum absolute atomic E-state index is 0.0115. The van der Waals surface area contributed by atoms with Gasteiger partial charge in [-0.1, -0.05) is 69.7 Å². The molecule has 5 aliphatic rings. The number of benzene rings is 2. The molecule has 0 radical (unpaired) electrons. The summed E-state index contributed by atoms with van der Waals surface area (Å²) in [5, 5.41) is 40.7. The molecule has 2 aromatic rings. The third kappa shape index (κ3) is 9.47. The van der Waals surface area contributed by atoms with Crippen LogP contribution >= 0.6 is 11.6 Å². The number of alkyl carbamates (subject to hydrolysis) is 1. The highest BCUT2D eigenvalue weighted by atomic mass is 35.5. The lowest BCUT2D eigenvalue weighted by Crippen LogP contribution is -2.47. The molecule has 16 nitrogen and oxygen atoms in total. The van der Waals surface area contributed by atoms with Crippen molar-refractivity contribution in [3.05, 3.63) is 105 Å². The molecule has 5 bridgehead atoms. The lowest BCUT2D eigenvalue weighted by molar-refractivity contribution is -0.116. The number of hydrogen-bond donors (Lipinski definition) is 5. The number of nitrogens with one attached hydrogen (secondary N) is 2. The number of nitrogens with zero attached hydrogens (tertiary/aromatic N) is 1. The molecule has 0 spiro atoms. The van der Waals surface area contributed by atoms with E-state index in [1.165, 1.54) is 46.3 Å². The molecule has 4 heterocycles. The number of phenolic OH excluding ortho intramolecular Hbond substituents is 1. The van der Waals surface area contributed by atoms with Gasteiger partial charge in [-0.25, -0.2) is 4.79 Å². The number of allylic oxidation sites excluding steroid dienone is 4. The fourth-order valence-corrected chi connectivity index (χ4v) is 8.64. The van der Waals surface area contributed by atoms with E-state index in [9.17, 15) is 39.3 Å². The first-order chi connectivity index (χ1) is 30.3. The Morgan fingerprint density at radius 3 is 2.27 bits per heavy atom. The molecular weight excluding hydrogens is 850 g/mol. The van der Waals surface area contributed by atoms with Gasteiger partial charge in [0.2, 0.25) is 11.6 Å². The highest BCUT2D eigenvalue weighted by Gasteiger charge is 2.53. The maximum atomic E-state index is 14.8. The predicted molar refractivity (Wildman–Crippen MR) is 234 cm³/mol. The fraction of sp³-hybridized carbons (Fsp3) is 0.468. The molecular formula is C47H56ClN3O13. The zero-order valence-corrected chi connectivity index (χ0v) is 37.9. The first-order valence-corrected chi connectivity index (χ1v) is 21.6. The number of aliphatic hydroxyl groups is 2. The van der Waals surface area contributed by atoms with Crippen LogP contribution in [0.15, 0.2) is 71.8 Å². The molecule has 1 fully saturated rings. The van der Waals surface area contributed by atoms with Crippen molar-refractivity contribution in [3.8, 4) is 11.5 Å². The number of methoxy groups -OCH3 is 1. The van der Waals surface area contributed by atoms with Crippen LogP contribution in [0.1, 0.15) is 83.7 Å². The number of carbonyl (C=O) groups is 5. The minimum atomic E-state index is -2.11. The van der Waals surface area contributed by atoms with E-state index >= 15 is 0 Å². The first-order valence-electron chi connectivity index (χ1n) is 21.2. The molecule has 1 saturated heterocycles. The number of aliphatic hydroxyl groups excluding tert-OH is 2. The molecule has 7 rings (SSSR count). The molecule has 17 heteroatoms. The summed E-state index contributed by atoms with van der Waals surface area (Å²) in [5.74, 6) is -8.91. The Hall–Kier alpha value is -5.52. The van der Waals surface area contributed by atoms with E-state index in [-0.39, 0.29) is 72.3 Å². The lowest BCUT2D eigenvalue weighted by Gasteiger charge is -2.38. The molecule has 2 amide bonds. The summed E-state index contributed by atoms with van der Waals surface area (Å²) in [4.78, 5) is 72.5. The van der Waals surface area contributed by atoms with E-state index in [0.29, 0.717) is 5.02 Å². The maximum absolute atomic E-state index is 14.8. The molecule has 0 saturated carbocycles. The van der Waals surface area contributed by atoms with E-state index in [0.717, 1.165) is 5.56 Å². The van der Waals surface area contributed by atoms with Crippen LogP contribution in [0.4, 0.5) is 4.79 Å². The van der Waals surface area contributed by atoms with Gasteiger partial charge >= 0.3 is 11.9 Å². The van der Waals surface area contributed by atoms with Gasteiger partial charge in [0, 0.05) is 73.5 Å². The molecule has 64 heavy (non-hydrogen) atoms. The fourth-order valence-electron chi connectivity index (χ4n) is 8.51. The number of morpholine rings is 1. The third-order valence-electron chi connectivity index (χ3n) is 12.5. The Labute approximate surface area is 376 Å². The average molecular weight is 906 g/mol. The zero-order chi connectivity index (χ0) is 46.8. The van der Waals surface area contributed by atoms with Gasteiger partial charge in [-0.15, -0.1) is 0 Å². The number of phenols is 1. The predicted octanol–water partition coefficient (Wildman–Crippen LogP) is 5.31.